The van der Waals surface area contributed by atoms with E-state index in [4.69, 9.17) is 77.5 Å². The van der Waals surface area contributed by atoms with Gasteiger partial charge in [0.25, 0.3) is 0 Å². The van der Waals surface area contributed by atoms with Crippen LogP contribution in [0.2, 0.25) is 0 Å². The molecule has 112 heavy (non-hydrogen) atoms. The zero-order chi connectivity index (χ0) is 73.7. The number of para-hydroxylation sites is 4. The average Bonchev–Trinajstić information content (AvgIpc) is 1.61. The second kappa shape index (κ2) is 26.1. The molecule has 0 bridgehead atoms. The standard InChI is InChI=1S/C96H54N12O4/c1-6-21-56(22-7-1)85-97-86(57-23-8-2-9-24-57)100-91(99-85)63-45-49-78-75(51-63)70-33-19-36-73(83(70)111-78)94-104-88(59-27-12-4-13-28-59)102-93(107-94)65-44-48-68-67-47-43-62(53-80(67)109-81(68)54-65)55-39-41-61(42-40-55)90-98-87(58-25-10-3-11-26-58)101-92(103-90)64-46-50-79-76(52-64)71-34-20-37-74(84(71)112-79)96-106-89(60-29-14-5-15-30-60)105-95(108-96)72-35-18-32-69-66-31-16-17-38-77(66)110-82(69)72/h1-54H. The van der Waals surface area contributed by atoms with E-state index in [0.29, 0.717) is 115 Å². The summed E-state index contributed by atoms with van der Waals surface area (Å²) in [5.74, 6) is 6.19. The highest BCUT2D eigenvalue weighted by molar-refractivity contribution is 6.13. The van der Waals surface area contributed by atoms with Gasteiger partial charge in [-0.15, -0.1) is 0 Å². The molecule has 0 atom stereocenters. The number of rotatable bonds is 13. The third-order valence-electron chi connectivity index (χ3n) is 20.5. The van der Waals surface area contributed by atoms with Crippen LogP contribution in [0.4, 0.5) is 0 Å². The van der Waals surface area contributed by atoms with Crippen molar-refractivity contribution in [1.82, 2.24) is 59.8 Å². The predicted molar refractivity (Wildman–Crippen MR) is 440 cm³/mol. The van der Waals surface area contributed by atoms with E-state index < -0.39 is 0 Å². The quantitative estimate of drug-likeness (QED) is 0.105. The van der Waals surface area contributed by atoms with Crippen LogP contribution in [-0.4, -0.2) is 59.8 Å². The van der Waals surface area contributed by atoms with Crippen molar-refractivity contribution >= 4 is 87.8 Å². The molecule has 0 radical (unpaired) electrons. The summed E-state index contributed by atoms with van der Waals surface area (Å²) in [6, 6.07) is 109. The van der Waals surface area contributed by atoms with Crippen molar-refractivity contribution in [2.24, 2.45) is 0 Å². The summed E-state index contributed by atoms with van der Waals surface area (Å²) >= 11 is 0. The second-order valence-electron chi connectivity index (χ2n) is 27.4. The summed E-state index contributed by atoms with van der Waals surface area (Å²) in [6.45, 7) is 0. The molecule has 0 aliphatic rings. The maximum absolute atomic E-state index is 6.81. The Bertz CT molecular complexity index is 7440. The van der Waals surface area contributed by atoms with Gasteiger partial charge in [0.1, 0.15) is 44.7 Å². The Morgan fingerprint density at radius 2 is 0.384 bits per heavy atom. The highest BCUT2D eigenvalue weighted by Crippen LogP contribution is 2.43. The van der Waals surface area contributed by atoms with Gasteiger partial charge in [0.05, 0.1) is 16.7 Å². The third kappa shape index (κ3) is 11.2. The van der Waals surface area contributed by atoms with Crippen molar-refractivity contribution in [1.29, 1.82) is 0 Å². The first-order chi connectivity index (χ1) is 55.4. The Labute approximate surface area is 636 Å². The number of nitrogens with zero attached hydrogens (tertiary/aromatic N) is 12. The summed E-state index contributed by atoms with van der Waals surface area (Å²) < 4.78 is 26.9. The van der Waals surface area contributed by atoms with Gasteiger partial charge in [-0.05, 0) is 96.1 Å². The molecule has 0 amide bonds. The van der Waals surface area contributed by atoms with Crippen LogP contribution in [0, 0.1) is 0 Å². The molecule has 22 aromatic rings. The van der Waals surface area contributed by atoms with Crippen molar-refractivity contribution in [3.63, 3.8) is 0 Å². The van der Waals surface area contributed by atoms with Crippen LogP contribution in [0.5, 0.6) is 0 Å². The maximum Gasteiger partial charge on any atom is 0.167 e. The summed E-state index contributed by atoms with van der Waals surface area (Å²) in [7, 11) is 0. The van der Waals surface area contributed by atoms with Gasteiger partial charge in [0.2, 0.25) is 0 Å². The Morgan fingerprint density at radius 3 is 0.777 bits per heavy atom. The minimum absolute atomic E-state index is 0.456. The average molecular weight is 1440 g/mol. The third-order valence-corrected chi connectivity index (χ3v) is 20.5. The van der Waals surface area contributed by atoms with Crippen LogP contribution in [0.1, 0.15) is 0 Å². The first kappa shape index (κ1) is 63.6. The van der Waals surface area contributed by atoms with Gasteiger partial charge >= 0.3 is 0 Å². The Balaban J connectivity index is 0.579. The van der Waals surface area contributed by atoms with E-state index in [-0.39, 0.29) is 0 Å². The van der Waals surface area contributed by atoms with Crippen LogP contribution in [0.3, 0.4) is 0 Å². The molecule has 0 aliphatic carbocycles. The van der Waals surface area contributed by atoms with Gasteiger partial charge in [-0.2, -0.15) is 0 Å². The SMILES string of the molecule is c1ccc(-c2nc(-c3ccccc3)nc(-c3ccc4oc5c(-c6nc(-c7ccccc7)nc(-c7ccc8c(c7)oc7cc(-c9ccc(-c%10nc(-c%11ccccc%11)nc(-c%11ccc%12oc%13c(-c%14nc(-c%15ccccc%15)nc(-c%15cccc%16c%15oc%15ccccc%15%16)n%14)cccc%13c%12c%11)n%10)cc9)ccc78)n6)cccc5c4c3)n2)cc1. The lowest BCUT2D eigenvalue weighted by molar-refractivity contribution is 0.668. The van der Waals surface area contributed by atoms with Crippen molar-refractivity contribution in [3.8, 4) is 148 Å². The summed E-state index contributed by atoms with van der Waals surface area (Å²) in [4.78, 5) is 61.4. The molecule has 0 aliphatic heterocycles. The number of fused-ring (bicyclic) bond motifs is 12. The molecule has 14 aromatic carbocycles. The molecule has 8 aromatic heterocycles. The molecular formula is C96H54N12O4. The molecule has 0 fully saturated rings. The summed E-state index contributed by atoms with van der Waals surface area (Å²) in [5, 5.41) is 7.47. The monoisotopic (exact) mass is 1440 g/mol. The lowest BCUT2D eigenvalue weighted by atomic mass is 10.0. The number of furan rings is 4. The normalized spacial score (nSPS) is 11.8. The van der Waals surface area contributed by atoms with E-state index in [2.05, 4.69) is 84.9 Å². The van der Waals surface area contributed by atoms with E-state index >= 15 is 0 Å². The summed E-state index contributed by atoms with van der Waals surface area (Å²) in [6.07, 6.45) is 0. The van der Waals surface area contributed by atoms with Crippen molar-refractivity contribution in [2.75, 3.05) is 0 Å². The largest absolute Gasteiger partial charge is 0.456 e. The topological polar surface area (TPSA) is 207 Å². The number of aromatic nitrogens is 12. The fourth-order valence-corrected chi connectivity index (χ4v) is 15.0. The highest BCUT2D eigenvalue weighted by atomic mass is 16.3. The van der Waals surface area contributed by atoms with E-state index in [0.717, 1.165) is 121 Å². The van der Waals surface area contributed by atoms with Gasteiger partial charge in [-0.25, -0.2) is 59.8 Å². The first-order valence-corrected chi connectivity index (χ1v) is 36.6. The molecule has 0 saturated carbocycles. The van der Waals surface area contributed by atoms with Crippen molar-refractivity contribution in [2.45, 2.75) is 0 Å². The van der Waals surface area contributed by atoms with Gasteiger partial charge in [0.15, 0.2) is 69.9 Å². The second-order valence-corrected chi connectivity index (χ2v) is 27.4. The molecule has 522 valence electrons. The minimum Gasteiger partial charge on any atom is -0.456 e. The fourth-order valence-electron chi connectivity index (χ4n) is 15.0. The first-order valence-electron chi connectivity index (χ1n) is 36.6. The zero-order valence-corrected chi connectivity index (χ0v) is 59.2. The zero-order valence-electron chi connectivity index (χ0n) is 59.2. The molecule has 0 spiro atoms. The minimum atomic E-state index is 0.456. The van der Waals surface area contributed by atoms with E-state index in [9.17, 15) is 0 Å². The molecule has 16 nitrogen and oxygen atoms in total. The molecule has 16 heteroatoms. The Morgan fingerprint density at radius 1 is 0.134 bits per heavy atom. The molecular weight excluding hydrogens is 1390 g/mol. The lowest BCUT2D eigenvalue weighted by Crippen LogP contribution is -2.00. The predicted octanol–water partition coefficient (Wildman–Crippen LogP) is 23.7. The number of hydrogen-bond donors (Lipinski definition) is 0. The van der Waals surface area contributed by atoms with Crippen LogP contribution in [0.15, 0.2) is 345 Å². The Hall–Kier alpha value is -15.7. The molecule has 0 saturated heterocycles. The van der Waals surface area contributed by atoms with Crippen LogP contribution < -0.4 is 0 Å². The number of benzene rings is 14. The van der Waals surface area contributed by atoms with Gasteiger partial charge in [-0.1, -0.05) is 243 Å². The van der Waals surface area contributed by atoms with Gasteiger partial charge in [-0.3, -0.25) is 0 Å². The van der Waals surface area contributed by atoms with E-state index in [1.807, 2.05) is 243 Å². The van der Waals surface area contributed by atoms with Crippen LogP contribution in [-0.2, 0) is 0 Å². The molecule has 0 unspecified atom stereocenters. The van der Waals surface area contributed by atoms with Gasteiger partial charge in [0, 0.05) is 93.2 Å². The Kier molecular flexibility index (Phi) is 14.8. The molecule has 22 rings (SSSR count). The molecule has 0 N–H and O–H groups in total. The summed E-state index contributed by atoms with van der Waals surface area (Å²) in [5.41, 5.74) is 17.2. The maximum atomic E-state index is 6.81. The van der Waals surface area contributed by atoms with Crippen LogP contribution >= 0.6 is 0 Å². The fraction of sp³-hybridized carbons (Fsp3) is 0. The van der Waals surface area contributed by atoms with Crippen molar-refractivity contribution in [3.05, 3.63) is 328 Å². The van der Waals surface area contributed by atoms with E-state index in [1.54, 1.807) is 0 Å². The van der Waals surface area contributed by atoms with Crippen molar-refractivity contribution < 1.29 is 17.7 Å². The lowest BCUT2D eigenvalue weighted by Gasteiger charge is -2.09. The van der Waals surface area contributed by atoms with E-state index in [1.165, 1.54) is 0 Å². The van der Waals surface area contributed by atoms with Gasteiger partial charge < -0.3 is 17.7 Å². The smallest absolute Gasteiger partial charge is 0.167 e. The molecule has 8 heterocycles. The number of hydrogen-bond acceptors (Lipinski definition) is 16. The van der Waals surface area contributed by atoms with Crippen LogP contribution in [0.25, 0.3) is 236 Å². The highest BCUT2D eigenvalue weighted by Gasteiger charge is 2.25.